The van der Waals surface area contributed by atoms with E-state index in [1.165, 1.54) is 45.6 Å². The number of carbonyl (C=O) groups is 1. The molecular formula is C26H23FN4O4. The van der Waals surface area contributed by atoms with Crippen molar-refractivity contribution >= 4 is 23.0 Å². The van der Waals surface area contributed by atoms with Gasteiger partial charge in [0.25, 0.3) is 0 Å². The number of ketones is 1. The number of ether oxygens (including phenoxy) is 3. The van der Waals surface area contributed by atoms with E-state index >= 15 is 0 Å². The summed E-state index contributed by atoms with van der Waals surface area (Å²) in [6.07, 6.45) is 3.14. The molecule has 9 heteroatoms. The first-order valence-electron chi connectivity index (χ1n) is 10.5. The Kier molecular flexibility index (Phi) is 6.77. The van der Waals surface area contributed by atoms with Crippen molar-refractivity contribution < 1.29 is 23.4 Å². The van der Waals surface area contributed by atoms with Crippen molar-refractivity contribution in [1.82, 2.24) is 9.97 Å². The Balaban J connectivity index is 1.61. The Morgan fingerprint density at radius 3 is 2.14 bits per heavy atom. The number of nitrogens with two attached hydrogens (primary N) is 1. The topological polar surface area (TPSA) is 109 Å². The van der Waals surface area contributed by atoms with Crippen LogP contribution in [0.3, 0.4) is 0 Å². The highest BCUT2D eigenvalue weighted by atomic mass is 19.1. The van der Waals surface area contributed by atoms with Crippen molar-refractivity contribution in [2.75, 3.05) is 32.4 Å². The lowest BCUT2D eigenvalue weighted by Crippen LogP contribution is -2.04. The van der Waals surface area contributed by atoms with E-state index in [4.69, 9.17) is 19.9 Å². The predicted molar refractivity (Wildman–Crippen MR) is 131 cm³/mol. The molecule has 1 aromatic heterocycles. The van der Waals surface area contributed by atoms with Crippen molar-refractivity contribution in [3.05, 3.63) is 83.9 Å². The Labute approximate surface area is 201 Å². The van der Waals surface area contributed by atoms with Crippen LogP contribution in [0, 0.1) is 5.82 Å². The Bertz CT molecular complexity index is 1350. The van der Waals surface area contributed by atoms with Gasteiger partial charge < -0.3 is 25.3 Å². The maximum Gasteiger partial charge on any atom is 0.203 e. The van der Waals surface area contributed by atoms with Crippen molar-refractivity contribution in [2.45, 2.75) is 0 Å². The first kappa shape index (κ1) is 23.5. The summed E-state index contributed by atoms with van der Waals surface area (Å²) in [6, 6.07) is 13.8. The number of nitrogen functional groups attached to an aromatic ring is 1. The van der Waals surface area contributed by atoms with Crippen LogP contribution in [0.5, 0.6) is 17.2 Å². The number of nitrogens with one attached hydrogen (secondary N) is 1. The summed E-state index contributed by atoms with van der Waals surface area (Å²) in [7, 11) is 4.61. The molecule has 4 rings (SSSR count). The highest BCUT2D eigenvalue weighted by Crippen LogP contribution is 2.40. The lowest BCUT2D eigenvalue weighted by molar-refractivity contribution is 0.103. The minimum Gasteiger partial charge on any atom is -0.493 e. The van der Waals surface area contributed by atoms with Crippen LogP contribution in [0.25, 0.3) is 11.3 Å². The second-order valence-electron chi connectivity index (χ2n) is 7.47. The summed E-state index contributed by atoms with van der Waals surface area (Å²) in [5.41, 5.74) is 9.15. The van der Waals surface area contributed by atoms with Gasteiger partial charge in [-0.15, -0.1) is 0 Å². The lowest BCUT2D eigenvalue weighted by Gasteiger charge is -2.15. The highest BCUT2D eigenvalue weighted by Gasteiger charge is 2.15. The average molecular weight is 474 g/mol. The van der Waals surface area contributed by atoms with Crippen LogP contribution in [0.2, 0.25) is 0 Å². The second kappa shape index (κ2) is 10.1. The first-order valence-corrected chi connectivity index (χ1v) is 10.5. The molecule has 0 spiro atoms. The Hall–Kier alpha value is -4.66. The van der Waals surface area contributed by atoms with Gasteiger partial charge in [-0.3, -0.25) is 9.78 Å². The number of carbonyl (C=O) groups excluding carboxylic acids is 1. The second-order valence-corrected chi connectivity index (χ2v) is 7.47. The third-order valence-electron chi connectivity index (χ3n) is 5.27. The smallest absolute Gasteiger partial charge is 0.203 e. The molecule has 35 heavy (non-hydrogen) atoms. The van der Waals surface area contributed by atoms with Crippen LogP contribution in [-0.4, -0.2) is 37.1 Å². The number of nitrogens with zero attached hydrogens (tertiary/aromatic N) is 2. The molecule has 0 aliphatic rings. The largest absolute Gasteiger partial charge is 0.493 e. The molecule has 8 nitrogen and oxygen atoms in total. The van der Waals surface area contributed by atoms with Gasteiger partial charge in [0.15, 0.2) is 17.3 Å². The van der Waals surface area contributed by atoms with E-state index in [-0.39, 0.29) is 5.78 Å². The maximum atomic E-state index is 13.2. The van der Waals surface area contributed by atoms with E-state index in [2.05, 4.69) is 15.3 Å². The molecule has 3 N–H and O–H groups in total. The predicted octanol–water partition coefficient (Wildman–Crippen LogP) is 4.87. The Morgan fingerprint density at radius 2 is 1.54 bits per heavy atom. The number of anilines is 3. The van der Waals surface area contributed by atoms with Crippen LogP contribution < -0.4 is 25.3 Å². The summed E-state index contributed by atoms with van der Waals surface area (Å²) in [4.78, 5) is 21.6. The molecule has 4 aromatic rings. The molecule has 0 amide bonds. The summed E-state index contributed by atoms with van der Waals surface area (Å²) >= 11 is 0. The highest BCUT2D eigenvalue weighted by molar-refractivity contribution is 6.09. The fourth-order valence-corrected chi connectivity index (χ4v) is 3.56. The Morgan fingerprint density at radius 1 is 0.886 bits per heavy atom. The minimum absolute atomic E-state index is 0.257. The number of aromatic nitrogens is 2. The third kappa shape index (κ3) is 4.98. The number of halogens is 1. The molecule has 0 bridgehead atoms. The van der Waals surface area contributed by atoms with Crippen LogP contribution in [0.4, 0.5) is 21.6 Å². The van der Waals surface area contributed by atoms with E-state index < -0.39 is 5.82 Å². The van der Waals surface area contributed by atoms with E-state index in [0.29, 0.717) is 56.8 Å². The SMILES string of the molecule is COc1cc(Nc2cncc(-c3ccc(C(=O)c4ccc(F)cc4)cc3N)n2)cc(OC)c1OC. The number of methoxy groups -OCH3 is 3. The van der Waals surface area contributed by atoms with Gasteiger partial charge in [0.05, 0.1) is 39.4 Å². The van der Waals surface area contributed by atoms with Gasteiger partial charge >= 0.3 is 0 Å². The molecule has 0 atom stereocenters. The van der Waals surface area contributed by atoms with Gasteiger partial charge in [-0.1, -0.05) is 6.07 Å². The zero-order valence-electron chi connectivity index (χ0n) is 19.3. The zero-order chi connectivity index (χ0) is 24.9. The number of rotatable bonds is 8. The fourth-order valence-electron chi connectivity index (χ4n) is 3.56. The number of benzene rings is 3. The monoisotopic (exact) mass is 474 g/mol. The maximum absolute atomic E-state index is 13.2. The van der Waals surface area contributed by atoms with Crippen LogP contribution in [-0.2, 0) is 0 Å². The third-order valence-corrected chi connectivity index (χ3v) is 5.27. The van der Waals surface area contributed by atoms with E-state index in [1.54, 1.807) is 42.7 Å². The molecule has 0 aliphatic heterocycles. The van der Waals surface area contributed by atoms with Crippen LogP contribution >= 0.6 is 0 Å². The molecule has 0 fully saturated rings. The molecule has 0 unspecified atom stereocenters. The summed E-state index contributed by atoms with van der Waals surface area (Å²) in [5.74, 6) is 1.25. The zero-order valence-corrected chi connectivity index (χ0v) is 19.3. The molecule has 178 valence electrons. The van der Waals surface area contributed by atoms with Gasteiger partial charge in [-0.25, -0.2) is 9.37 Å². The first-order chi connectivity index (χ1) is 16.9. The van der Waals surface area contributed by atoms with E-state index in [1.807, 2.05) is 0 Å². The molecule has 0 radical (unpaired) electrons. The standard InChI is InChI=1S/C26H23FN4O4/c1-33-22-11-18(12-23(34-2)26(22)35-3)30-24-14-29-13-21(31-24)19-9-6-16(10-20(19)28)25(32)15-4-7-17(27)8-5-15/h4-14H,28H2,1-3H3,(H,30,31). The van der Waals surface area contributed by atoms with Gasteiger partial charge in [0, 0.05) is 40.2 Å². The van der Waals surface area contributed by atoms with Crippen molar-refractivity contribution in [3.63, 3.8) is 0 Å². The van der Waals surface area contributed by atoms with Gasteiger partial charge in [0.2, 0.25) is 5.75 Å². The van der Waals surface area contributed by atoms with Crippen LogP contribution in [0.1, 0.15) is 15.9 Å². The normalized spacial score (nSPS) is 10.5. The average Bonchev–Trinajstić information content (AvgIpc) is 2.88. The molecular weight excluding hydrogens is 451 g/mol. The van der Waals surface area contributed by atoms with E-state index in [0.717, 1.165) is 0 Å². The van der Waals surface area contributed by atoms with Crippen molar-refractivity contribution in [2.24, 2.45) is 0 Å². The molecule has 0 saturated heterocycles. The molecule has 0 aliphatic carbocycles. The summed E-state index contributed by atoms with van der Waals surface area (Å²) < 4.78 is 29.3. The fraction of sp³-hybridized carbons (Fsp3) is 0.115. The molecule has 1 heterocycles. The van der Waals surface area contributed by atoms with Crippen molar-refractivity contribution in [3.8, 4) is 28.5 Å². The minimum atomic E-state index is -0.407. The quantitative estimate of drug-likeness (QED) is 0.275. The van der Waals surface area contributed by atoms with Crippen molar-refractivity contribution in [1.29, 1.82) is 0 Å². The number of hydrogen-bond donors (Lipinski definition) is 2. The molecule has 0 saturated carbocycles. The lowest BCUT2D eigenvalue weighted by atomic mass is 10.00. The van der Waals surface area contributed by atoms with Crippen LogP contribution in [0.15, 0.2) is 67.0 Å². The summed E-state index contributed by atoms with van der Waals surface area (Å²) in [5, 5.41) is 3.18. The van der Waals surface area contributed by atoms with Gasteiger partial charge in [0.1, 0.15) is 11.6 Å². The van der Waals surface area contributed by atoms with Gasteiger partial charge in [-0.05, 0) is 36.4 Å². The van der Waals surface area contributed by atoms with Gasteiger partial charge in [-0.2, -0.15) is 0 Å². The summed E-state index contributed by atoms with van der Waals surface area (Å²) in [6.45, 7) is 0. The number of hydrogen-bond acceptors (Lipinski definition) is 8. The molecule has 3 aromatic carbocycles. The van der Waals surface area contributed by atoms with E-state index in [9.17, 15) is 9.18 Å².